The predicted molar refractivity (Wildman–Crippen MR) is 107 cm³/mol. The van der Waals surface area contributed by atoms with Crippen LogP contribution in [-0.4, -0.2) is 72.1 Å². The highest BCUT2D eigenvalue weighted by atomic mass is 16.5. The number of carbonyl (C=O) groups is 2. The first kappa shape index (κ1) is 21.5. The smallest absolute Gasteiger partial charge is 0.248 e. The number of aliphatic hydroxyl groups excluding tert-OH is 1. The molecule has 2 amide bonds. The number of pyridine rings is 1. The molecule has 0 aliphatic carbocycles. The summed E-state index contributed by atoms with van der Waals surface area (Å²) >= 11 is 0. The van der Waals surface area contributed by atoms with E-state index in [1.54, 1.807) is 18.3 Å². The number of rotatable bonds is 6. The van der Waals surface area contributed by atoms with Gasteiger partial charge in [-0.2, -0.15) is 0 Å². The lowest BCUT2D eigenvalue weighted by atomic mass is 9.73. The van der Waals surface area contributed by atoms with E-state index in [4.69, 9.17) is 15.2 Å². The van der Waals surface area contributed by atoms with Gasteiger partial charge in [0.1, 0.15) is 18.5 Å². The molecule has 2 fully saturated rings. The van der Waals surface area contributed by atoms with Crippen molar-refractivity contribution in [1.29, 1.82) is 0 Å². The summed E-state index contributed by atoms with van der Waals surface area (Å²) in [4.78, 5) is 30.0. The molecule has 29 heavy (non-hydrogen) atoms. The van der Waals surface area contributed by atoms with Gasteiger partial charge in [-0.3, -0.25) is 9.59 Å². The van der Waals surface area contributed by atoms with Gasteiger partial charge in [-0.25, -0.2) is 4.98 Å². The lowest BCUT2D eigenvalue weighted by Gasteiger charge is -2.53. The minimum atomic E-state index is -0.846. The molecule has 3 rings (SSSR count). The zero-order valence-corrected chi connectivity index (χ0v) is 17.0. The zero-order chi connectivity index (χ0) is 21.1. The van der Waals surface area contributed by atoms with Crippen LogP contribution in [0.25, 0.3) is 0 Å². The average Bonchev–Trinajstić information content (AvgIpc) is 2.71. The molecule has 0 unspecified atom stereocenters. The van der Waals surface area contributed by atoms with Crippen LogP contribution < -0.4 is 16.0 Å². The Balaban J connectivity index is 1.68. The monoisotopic (exact) mass is 406 g/mol. The number of hydrogen-bond acceptors (Lipinski definition) is 7. The Morgan fingerprint density at radius 2 is 2.14 bits per heavy atom. The number of aliphatic hydroxyl groups is 1. The Bertz CT molecular complexity index is 750. The second-order valence-electron chi connectivity index (χ2n) is 7.92. The van der Waals surface area contributed by atoms with E-state index in [0.717, 1.165) is 0 Å². The van der Waals surface area contributed by atoms with Gasteiger partial charge in [0.2, 0.25) is 11.8 Å². The average molecular weight is 406 g/mol. The topological polar surface area (TPSA) is 127 Å². The molecule has 2 aliphatic rings. The van der Waals surface area contributed by atoms with Crippen LogP contribution in [0.3, 0.4) is 0 Å². The van der Waals surface area contributed by atoms with Gasteiger partial charge in [-0.05, 0) is 45.2 Å². The molecule has 2 saturated heterocycles. The van der Waals surface area contributed by atoms with E-state index < -0.39 is 23.2 Å². The molecule has 0 bridgehead atoms. The van der Waals surface area contributed by atoms with Gasteiger partial charge >= 0.3 is 0 Å². The Morgan fingerprint density at radius 1 is 1.41 bits per heavy atom. The van der Waals surface area contributed by atoms with Crippen molar-refractivity contribution in [1.82, 2.24) is 10.3 Å². The van der Waals surface area contributed by atoms with Gasteiger partial charge in [-0.1, -0.05) is 0 Å². The maximum absolute atomic E-state index is 12.2. The SMILES string of the molecule is CCOCC(=O)N[C@@]1(C)CCOC2(CCN(c3cc(C(N)=O)ccn3)CC2)[C@@H]1O. The molecule has 1 aromatic rings. The van der Waals surface area contributed by atoms with Crippen molar-refractivity contribution in [3.63, 3.8) is 0 Å². The summed E-state index contributed by atoms with van der Waals surface area (Å²) in [5.41, 5.74) is 4.26. The fourth-order valence-electron chi connectivity index (χ4n) is 4.22. The van der Waals surface area contributed by atoms with Crippen LogP contribution in [0.15, 0.2) is 18.3 Å². The Hall–Kier alpha value is -2.23. The van der Waals surface area contributed by atoms with Crippen LogP contribution in [0.2, 0.25) is 0 Å². The van der Waals surface area contributed by atoms with E-state index in [-0.39, 0.29) is 12.5 Å². The van der Waals surface area contributed by atoms with Gasteiger partial charge in [0.15, 0.2) is 0 Å². The molecule has 9 heteroatoms. The van der Waals surface area contributed by atoms with E-state index in [1.807, 2.05) is 18.7 Å². The number of hydrogen-bond donors (Lipinski definition) is 3. The number of aromatic nitrogens is 1. The lowest BCUT2D eigenvalue weighted by Crippen LogP contribution is -2.69. The van der Waals surface area contributed by atoms with Crippen LogP contribution in [0.4, 0.5) is 5.82 Å². The Kier molecular flexibility index (Phi) is 6.40. The molecular weight excluding hydrogens is 376 g/mol. The summed E-state index contributed by atoms with van der Waals surface area (Å²) in [5, 5.41) is 14.1. The van der Waals surface area contributed by atoms with Crippen molar-refractivity contribution in [2.45, 2.75) is 50.4 Å². The summed E-state index contributed by atoms with van der Waals surface area (Å²) in [6.07, 6.45) is 2.40. The fourth-order valence-corrected chi connectivity index (χ4v) is 4.22. The molecule has 0 radical (unpaired) electrons. The highest BCUT2D eigenvalue weighted by Crippen LogP contribution is 2.40. The zero-order valence-electron chi connectivity index (χ0n) is 17.0. The summed E-state index contributed by atoms with van der Waals surface area (Å²) in [5.74, 6) is -0.0590. The second kappa shape index (κ2) is 8.64. The van der Waals surface area contributed by atoms with E-state index in [0.29, 0.717) is 56.9 Å². The van der Waals surface area contributed by atoms with Crippen LogP contribution in [0.1, 0.15) is 43.5 Å². The molecule has 2 aliphatic heterocycles. The standard InChI is InChI=1S/C20H30N4O5/c1-3-28-13-16(25)23-19(2)7-11-29-20(18(19)27)5-9-24(10-6-20)15-12-14(17(21)26)4-8-22-15/h4,8,12,18,27H,3,5-7,9-11,13H2,1-2H3,(H2,21,26)(H,23,25)/t18-,19+/m1/s1. The molecular formula is C20H30N4O5. The Labute approximate surface area is 170 Å². The third-order valence-corrected chi connectivity index (χ3v) is 5.94. The number of nitrogens with zero attached hydrogens (tertiary/aromatic N) is 2. The molecule has 4 N–H and O–H groups in total. The first-order valence-electron chi connectivity index (χ1n) is 10.0. The summed E-state index contributed by atoms with van der Waals surface area (Å²) in [6.45, 7) is 5.79. The van der Waals surface area contributed by atoms with Crippen LogP contribution >= 0.6 is 0 Å². The van der Waals surface area contributed by atoms with Crippen molar-refractivity contribution in [2.24, 2.45) is 5.73 Å². The first-order valence-corrected chi connectivity index (χ1v) is 10.0. The van der Waals surface area contributed by atoms with E-state index in [9.17, 15) is 14.7 Å². The van der Waals surface area contributed by atoms with Crippen molar-refractivity contribution >= 4 is 17.6 Å². The molecule has 9 nitrogen and oxygen atoms in total. The maximum Gasteiger partial charge on any atom is 0.248 e. The van der Waals surface area contributed by atoms with Gasteiger partial charge in [0.05, 0.1) is 11.1 Å². The largest absolute Gasteiger partial charge is 0.388 e. The summed E-state index contributed by atoms with van der Waals surface area (Å²) in [6, 6.07) is 3.26. The quantitative estimate of drug-likeness (QED) is 0.616. The fraction of sp³-hybridized carbons (Fsp3) is 0.650. The van der Waals surface area contributed by atoms with Gasteiger partial charge in [0, 0.05) is 38.1 Å². The third-order valence-electron chi connectivity index (χ3n) is 5.94. The minimum absolute atomic E-state index is 0.0255. The number of ether oxygens (including phenoxy) is 2. The first-order chi connectivity index (χ1) is 13.8. The van der Waals surface area contributed by atoms with Crippen molar-refractivity contribution < 1.29 is 24.2 Å². The van der Waals surface area contributed by atoms with Gasteiger partial charge in [-0.15, -0.1) is 0 Å². The number of piperidine rings is 1. The van der Waals surface area contributed by atoms with Crippen LogP contribution in [0.5, 0.6) is 0 Å². The van der Waals surface area contributed by atoms with Crippen molar-refractivity contribution in [2.75, 3.05) is 37.8 Å². The van der Waals surface area contributed by atoms with E-state index >= 15 is 0 Å². The minimum Gasteiger partial charge on any atom is -0.388 e. The highest BCUT2D eigenvalue weighted by molar-refractivity contribution is 5.93. The maximum atomic E-state index is 12.2. The molecule has 160 valence electrons. The number of anilines is 1. The number of nitrogens with two attached hydrogens (primary N) is 1. The number of amides is 2. The Morgan fingerprint density at radius 3 is 2.79 bits per heavy atom. The molecule has 0 saturated carbocycles. The normalized spacial score (nSPS) is 26.3. The van der Waals surface area contributed by atoms with Gasteiger partial charge < -0.3 is 30.5 Å². The van der Waals surface area contributed by atoms with E-state index in [2.05, 4.69) is 10.3 Å². The predicted octanol–water partition coefficient (Wildman–Crippen LogP) is 0.212. The number of nitrogens with one attached hydrogen (secondary N) is 1. The van der Waals surface area contributed by atoms with Crippen LogP contribution in [0, 0.1) is 0 Å². The number of primary amides is 1. The van der Waals surface area contributed by atoms with Crippen molar-refractivity contribution in [3.8, 4) is 0 Å². The molecule has 2 atom stereocenters. The summed E-state index contributed by atoms with van der Waals surface area (Å²) in [7, 11) is 0. The van der Waals surface area contributed by atoms with Crippen molar-refractivity contribution in [3.05, 3.63) is 23.9 Å². The third kappa shape index (κ3) is 4.52. The molecule has 1 aromatic heterocycles. The highest BCUT2D eigenvalue weighted by Gasteiger charge is 2.53. The molecule has 3 heterocycles. The molecule has 1 spiro atoms. The summed E-state index contributed by atoms with van der Waals surface area (Å²) < 4.78 is 11.2. The lowest BCUT2D eigenvalue weighted by molar-refractivity contribution is -0.198. The van der Waals surface area contributed by atoms with Gasteiger partial charge in [0.25, 0.3) is 0 Å². The van der Waals surface area contributed by atoms with E-state index in [1.165, 1.54) is 0 Å². The molecule has 0 aromatic carbocycles. The number of carbonyl (C=O) groups excluding carboxylic acids is 2. The van der Waals surface area contributed by atoms with Crippen LogP contribution in [-0.2, 0) is 14.3 Å². The second-order valence-corrected chi connectivity index (χ2v) is 7.92.